The maximum absolute atomic E-state index is 12.4. The number of rotatable bonds is 4. The summed E-state index contributed by atoms with van der Waals surface area (Å²) >= 11 is 7.35. The Kier molecular flexibility index (Phi) is 4.46. The van der Waals surface area contributed by atoms with E-state index < -0.39 is 0 Å². The van der Waals surface area contributed by atoms with E-state index in [1.165, 1.54) is 11.8 Å². The minimum Gasteiger partial charge on any atom is -0.333 e. The van der Waals surface area contributed by atoms with Crippen molar-refractivity contribution in [2.75, 3.05) is 12.3 Å². The SMILES string of the molecule is O=C(CSc1nc2ccc(Cl)cc2[nH]1)N1CCC(c2ccccc2)=N1. The number of nitrogens with one attached hydrogen (secondary N) is 1. The van der Waals surface area contributed by atoms with Crippen LogP contribution in [-0.4, -0.2) is 38.9 Å². The molecule has 1 aliphatic heterocycles. The molecule has 0 atom stereocenters. The van der Waals surface area contributed by atoms with Crippen LogP contribution in [0.25, 0.3) is 11.0 Å². The molecule has 2 aromatic carbocycles. The van der Waals surface area contributed by atoms with Crippen molar-refractivity contribution < 1.29 is 4.79 Å². The van der Waals surface area contributed by atoms with Gasteiger partial charge in [0.25, 0.3) is 5.91 Å². The van der Waals surface area contributed by atoms with Gasteiger partial charge in [0.15, 0.2) is 5.16 Å². The van der Waals surface area contributed by atoms with Crippen LogP contribution in [0.3, 0.4) is 0 Å². The van der Waals surface area contributed by atoms with Crippen molar-refractivity contribution >= 4 is 46.0 Å². The highest BCUT2D eigenvalue weighted by Crippen LogP contribution is 2.23. The Morgan fingerprint density at radius 1 is 1.24 bits per heavy atom. The molecule has 0 radical (unpaired) electrons. The second-order valence-electron chi connectivity index (χ2n) is 5.67. The van der Waals surface area contributed by atoms with Crippen LogP contribution in [0.4, 0.5) is 0 Å². The van der Waals surface area contributed by atoms with E-state index in [2.05, 4.69) is 15.1 Å². The normalized spacial score (nSPS) is 14.1. The maximum atomic E-state index is 12.4. The monoisotopic (exact) mass is 370 g/mol. The third kappa shape index (κ3) is 3.55. The molecule has 0 aliphatic carbocycles. The number of amides is 1. The number of aromatic amines is 1. The van der Waals surface area contributed by atoms with E-state index in [-0.39, 0.29) is 5.91 Å². The minimum absolute atomic E-state index is 0.0191. The molecule has 0 saturated heterocycles. The van der Waals surface area contributed by atoms with Gasteiger partial charge < -0.3 is 4.98 Å². The number of carbonyl (C=O) groups is 1. The van der Waals surface area contributed by atoms with Gasteiger partial charge in [0, 0.05) is 11.4 Å². The molecule has 0 spiro atoms. The lowest BCUT2D eigenvalue weighted by Crippen LogP contribution is -2.25. The molecular formula is C18H15ClN4OS. The maximum Gasteiger partial charge on any atom is 0.253 e. The third-order valence-corrected chi connectivity index (χ3v) is 5.04. The summed E-state index contributed by atoms with van der Waals surface area (Å²) in [6.45, 7) is 0.624. The third-order valence-electron chi connectivity index (χ3n) is 3.95. The van der Waals surface area contributed by atoms with Gasteiger partial charge >= 0.3 is 0 Å². The van der Waals surface area contributed by atoms with E-state index in [9.17, 15) is 4.79 Å². The number of thioether (sulfide) groups is 1. The van der Waals surface area contributed by atoms with Crippen molar-refractivity contribution in [3.8, 4) is 0 Å². The Morgan fingerprint density at radius 3 is 2.92 bits per heavy atom. The average molecular weight is 371 g/mol. The summed E-state index contributed by atoms with van der Waals surface area (Å²) in [5.41, 5.74) is 3.73. The first-order valence-electron chi connectivity index (χ1n) is 7.90. The van der Waals surface area contributed by atoms with Gasteiger partial charge in [-0.2, -0.15) is 5.10 Å². The first kappa shape index (κ1) is 16.2. The van der Waals surface area contributed by atoms with E-state index in [4.69, 9.17) is 11.6 Å². The van der Waals surface area contributed by atoms with Gasteiger partial charge in [-0.1, -0.05) is 53.7 Å². The number of hydrogen-bond acceptors (Lipinski definition) is 4. The molecule has 5 nitrogen and oxygen atoms in total. The molecule has 0 bridgehead atoms. The van der Waals surface area contributed by atoms with Crippen molar-refractivity contribution in [2.24, 2.45) is 5.10 Å². The number of hydrazone groups is 1. The van der Waals surface area contributed by atoms with E-state index in [1.54, 1.807) is 11.1 Å². The predicted molar refractivity (Wildman–Crippen MR) is 101 cm³/mol. The number of benzene rings is 2. The molecule has 1 aliphatic rings. The molecular weight excluding hydrogens is 356 g/mol. The lowest BCUT2D eigenvalue weighted by atomic mass is 10.1. The summed E-state index contributed by atoms with van der Waals surface area (Å²) in [6, 6.07) is 15.4. The number of fused-ring (bicyclic) bond motifs is 1. The van der Waals surface area contributed by atoms with Crippen LogP contribution < -0.4 is 0 Å². The standard InChI is InChI=1S/C18H15ClN4OS/c19-13-6-7-15-16(10-13)21-18(20-15)25-11-17(24)23-9-8-14(22-23)12-4-2-1-3-5-12/h1-7,10H,8-9,11H2,(H,20,21). The Bertz CT molecular complexity index is 954. The summed E-state index contributed by atoms with van der Waals surface area (Å²) in [7, 11) is 0. The Hall–Kier alpha value is -2.31. The van der Waals surface area contributed by atoms with Gasteiger partial charge in [0.1, 0.15) is 0 Å². The van der Waals surface area contributed by atoms with E-state index in [0.717, 1.165) is 28.7 Å². The van der Waals surface area contributed by atoms with Crippen molar-refractivity contribution in [3.05, 3.63) is 59.1 Å². The zero-order valence-electron chi connectivity index (χ0n) is 13.3. The van der Waals surface area contributed by atoms with E-state index in [1.807, 2.05) is 42.5 Å². The van der Waals surface area contributed by atoms with Crippen molar-refractivity contribution in [3.63, 3.8) is 0 Å². The highest BCUT2D eigenvalue weighted by Gasteiger charge is 2.21. The van der Waals surface area contributed by atoms with Gasteiger partial charge in [-0.15, -0.1) is 0 Å². The van der Waals surface area contributed by atoms with Crippen LogP contribution in [0.5, 0.6) is 0 Å². The van der Waals surface area contributed by atoms with E-state index >= 15 is 0 Å². The smallest absolute Gasteiger partial charge is 0.253 e. The fourth-order valence-corrected chi connectivity index (χ4v) is 3.63. The summed E-state index contributed by atoms with van der Waals surface area (Å²) in [5, 5.41) is 7.38. The number of halogens is 1. The van der Waals surface area contributed by atoms with Gasteiger partial charge in [0.05, 0.1) is 29.0 Å². The first-order valence-corrected chi connectivity index (χ1v) is 9.27. The van der Waals surface area contributed by atoms with E-state index in [0.29, 0.717) is 22.5 Å². The summed E-state index contributed by atoms with van der Waals surface area (Å²) in [4.78, 5) is 20.0. The Morgan fingerprint density at radius 2 is 2.08 bits per heavy atom. The molecule has 1 aromatic heterocycles. The predicted octanol–water partition coefficient (Wildman–Crippen LogP) is 3.95. The van der Waals surface area contributed by atoms with Crippen LogP contribution in [0.1, 0.15) is 12.0 Å². The average Bonchev–Trinajstić information content (AvgIpc) is 3.27. The molecule has 126 valence electrons. The van der Waals surface area contributed by atoms with Crippen molar-refractivity contribution in [2.45, 2.75) is 11.6 Å². The Balaban J connectivity index is 1.41. The fraction of sp³-hybridized carbons (Fsp3) is 0.167. The molecule has 2 heterocycles. The zero-order chi connectivity index (χ0) is 17.2. The molecule has 0 fully saturated rings. The van der Waals surface area contributed by atoms with Crippen LogP contribution >= 0.6 is 23.4 Å². The second-order valence-corrected chi connectivity index (χ2v) is 7.07. The number of carbonyl (C=O) groups excluding carboxylic acids is 1. The van der Waals surface area contributed by atoms with Crippen LogP contribution in [0.15, 0.2) is 58.8 Å². The first-order chi connectivity index (χ1) is 12.2. The molecule has 1 amide bonds. The Labute approximate surface area is 154 Å². The van der Waals surface area contributed by atoms with Crippen molar-refractivity contribution in [1.29, 1.82) is 0 Å². The van der Waals surface area contributed by atoms with Crippen LogP contribution in [-0.2, 0) is 4.79 Å². The summed E-state index contributed by atoms with van der Waals surface area (Å²) < 4.78 is 0. The van der Waals surface area contributed by atoms with Crippen LogP contribution in [0, 0.1) is 0 Å². The molecule has 0 saturated carbocycles. The number of H-pyrrole nitrogens is 1. The fourth-order valence-electron chi connectivity index (χ4n) is 2.70. The number of hydrogen-bond donors (Lipinski definition) is 1. The quantitative estimate of drug-likeness (QED) is 0.707. The highest BCUT2D eigenvalue weighted by molar-refractivity contribution is 7.99. The largest absolute Gasteiger partial charge is 0.333 e. The molecule has 7 heteroatoms. The zero-order valence-corrected chi connectivity index (χ0v) is 14.8. The lowest BCUT2D eigenvalue weighted by Gasteiger charge is -2.10. The topological polar surface area (TPSA) is 61.4 Å². The summed E-state index contributed by atoms with van der Waals surface area (Å²) in [5.74, 6) is 0.272. The van der Waals surface area contributed by atoms with Crippen LogP contribution in [0.2, 0.25) is 5.02 Å². The molecule has 0 unspecified atom stereocenters. The second kappa shape index (κ2) is 6.90. The number of aromatic nitrogens is 2. The highest BCUT2D eigenvalue weighted by atomic mass is 35.5. The molecule has 25 heavy (non-hydrogen) atoms. The molecule has 1 N–H and O–H groups in total. The van der Waals surface area contributed by atoms with Gasteiger partial charge in [-0.3, -0.25) is 4.79 Å². The summed E-state index contributed by atoms with van der Waals surface area (Å²) in [6.07, 6.45) is 0.781. The van der Waals surface area contributed by atoms with Gasteiger partial charge in [-0.25, -0.2) is 9.99 Å². The van der Waals surface area contributed by atoms with Gasteiger partial charge in [0.2, 0.25) is 0 Å². The number of nitrogens with zero attached hydrogens (tertiary/aromatic N) is 3. The lowest BCUT2D eigenvalue weighted by molar-refractivity contribution is -0.127. The molecule has 4 rings (SSSR count). The molecule has 3 aromatic rings. The van der Waals surface area contributed by atoms with Crippen molar-refractivity contribution in [1.82, 2.24) is 15.0 Å². The van der Waals surface area contributed by atoms with Gasteiger partial charge in [-0.05, 0) is 23.8 Å². The number of imidazole rings is 1. The minimum atomic E-state index is -0.0191.